The minimum absolute atomic E-state index is 0.000494. The topological polar surface area (TPSA) is 189 Å². The zero-order chi connectivity index (χ0) is 23.8. The number of ether oxygens (including phenoxy) is 3. The maximum Gasteiger partial charge on any atom is 0.344 e. The summed E-state index contributed by atoms with van der Waals surface area (Å²) in [6, 6.07) is 2.22. The molecule has 5 atom stereocenters. The Kier molecular flexibility index (Phi) is 4.65. The summed E-state index contributed by atoms with van der Waals surface area (Å²) in [7, 11) is 1.25. The summed E-state index contributed by atoms with van der Waals surface area (Å²) < 4.78 is 26.5. The summed E-state index contributed by atoms with van der Waals surface area (Å²) >= 11 is 0. The van der Waals surface area contributed by atoms with Gasteiger partial charge in [0.25, 0.3) is 0 Å². The fraction of sp³-hybridized carbons (Fsp3) is 0.333. The van der Waals surface area contributed by atoms with Gasteiger partial charge >= 0.3 is 11.3 Å². The first-order valence-electron chi connectivity index (χ1n) is 9.79. The van der Waals surface area contributed by atoms with E-state index in [9.17, 15) is 35.1 Å². The lowest BCUT2D eigenvalue weighted by Crippen LogP contribution is -2.58. The Morgan fingerprint density at radius 2 is 1.48 bits per heavy atom. The quantitative estimate of drug-likeness (QED) is 0.204. The van der Waals surface area contributed by atoms with Gasteiger partial charge in [-0.1, -0.05) is 0 Å². The predicted octanol–water partition coefficient (Wildman–Crippen LogP) is 0.116. The van der Waals surface area contributed by atoms with E-state index in [-0.39, 0.29) is 38.5 Å². The molecule has 174 valence electrons. The summed E-state index contributed by atoms with van der Waals surface area (Å²) in [5.41, 5.74) is -2.59. The highest BCUT2D eigenvalue weighted by molar-refractivity contribution is 6.22. The molecule has 1 fully saturated rings. The Morgan fingerprint density at radius 3 is 2.15 bits per heavy atom. The molecule has 0 amide bonds. The minimum Gasteiger partial charge on any atom is -0.504 e. The molecule has 4 aromatic rings. The zero-order valence-electron chi connectivity index (χ0n) is 17.1. The van der Waals surface area contributed by atoms with Gasteiger partial charge < -0.3 is 48.6 Å². The van der Waals surface area contributed by atoms with E-state index in [0.717, 1.165) is 6.07 Å². The van der Waals surface area contributed by atoms with Gasteiger partial charge in [-0.3, -0.25) is 0 Å². The van der Waals surface area contributed by atoms with Crippen LogP contribution in [0.15, 0.2) is 30.6 Å². The SMILES string of the molecule is COc1cc2c(=O)oc3c(O[C@@H]4O[C@@H](C)[C@H](O)[C@@H](O)[C@H]4O)c(O)cc4c(=O)oc(c1O)c2c34. The van der Waals surface area contributed by atoms with Gasteiger partial charge in [0.15, 0.2) is 22.7 Å². The summed E-state index contributed by atoms with van der Waals surface area (Å²) in [4.78, 5) is 25.4. The van der Waals surface area contributed by atoms with Gasteiger partial charge in [0.1, 0.15) is 18.3 Å². The van der Waals surface area contributed by atoms with Crippen LogP contribution in [0.25, 0.3) is 32.7 Å². The smallest absolute Gasteiger partial charge is 0.344 e. The number of phenols is 2. The van der Waals surface area contributed by atoms with Crippen molar-refractivity contribution >= 4 is 32.7 Å². The Hall–Kier alpha value is -3.58. The van der Waals surface area contributed by atoms with E-state index in [2.05, 4.69) is 0 Å². The number of aliphatic hydroxyl groups excluding tert-OH is 3. The molecule has 12 heteroatoms. The van der Waals surface area contributed by atoms with E-state index in [4.69, 9.17) is 23.0 Å². The van der Waals surface area contributed by atoms with Crippen molar-refractivity contribution in [2.75, 3.05) is 7.11 Å². The van der Waals surface area contributed by atoms with Crippen molar-refractivity contribution in [2.45, 2.75) is 37.6 Å². The first-order chi connectivity index (χ1) is 15.6. The first-order valence-corrected chi connectivity index (χ1v) is 9.79. The van der Waals surface area contributed by atoms with Gasteiger partial charge in [0, 0.05) is 10.8 Å². The highest BCUT2D eigenvalue weighted by Gasteiger charge is 2.44. The van der Waals surface area contributed by atoms with Crippen LogP contribution in [0.2, 0.25) is 0 Å². The van der Waals surface area contributed by atoms with Gasteiger partial charge in [0.2, 0.25) is 17.8 Å². The van der Waals surface area contributed by atoms with E-state index in [1.54, 1.807) is 0 Å². The van der Waals surface area contributed by atoms with Gasteiger partial charge in [0.05, 0.1) is 24.0 Å². The highest BCUT2D eigenvalue weighted by atomic mass is 16.7. The van der Waals surface area contributed by atoms with Crippen LogP contribution in [-0.4, -0.2) is 63.3 Å². The number of aromatic hydroxyl groups is 2. The second-order valence-electron chi connectivity index (χ2n) is 7.73. The van der Waals surface area contributed by atoms with Gasteiger partial charge in [-0.2, -0.15) is 0 Å². The van der Waals surface area contributed by atoms with E-state index in [1.165, 1.54) is 20.1 Å². The summed E-state index contributed by atoms with van der Waals surface area (Å²) in [5, 5.41) is 51.0. The largest absolute Gasteiger partial charge is 0.504 e. The average molecular weight is 462 g/mol. The van der Waals surface area contributed by atoms with Crippen LogP contribution in [0.1, 0.15) is 6.92 Å². The Morgan fingerprint density at radius 1 is 0.879 bits per heavy atom. The van der Waals surface area contributed by atoms with Crippen LogP contribution in [0.5, 0.6) is 23.0 Å². The third kappa shape index (κ3) is 2.92. The molecule has 5 rings (SSSR count). The first kappa shape index (κ1) is 21.3. The van der Waals surface area contributed by atoms with Crippen LogP contribution < -0.4 is 20.7 Å². The number of hydrogen-bond donors (Lipinski definition) is 5. The van der Waals surface area contributed by atoms with E-state index in [1.807, 2.05) is 0 Å². The normalized spacial score (nSPS) is 25.8. The summed E-state index contributed by atoms with van der Waals surface area (Å²) in [6.07, 6.45) is -7.25. The zero-order valence-corrected chi connectivity index (χ0v) is 17.1. The molecule has 33 heavy (non-hydrogen) atoms. The van der Waals surface area contributed by atoms with E-state index >= 15 is 0 Å². The monoisotopic (exact) mass is 462 g/mol. The molecule has 1 aliphatic heterocycles. The number of hydrogen-bond acceptors (Lipinski definition) is 12. The number of phenolic OH excluding ortho intramolecular Hbond substituents is 2. The number of methoxy groups -OCH3 is 1. The van der Waals surface area contributed by atoms with Crippen LogP contribution in [-0.2, 0) is 4.74 Å². The van der Waals surface area contributed by atoms with Gasteiger partial charge in [-0.15, -0.1) is 0 Å². The van der Waals surface area contributed by atoms with Crippen LogP contribution >= 0.6 is 0 Å². The second-order valence-corrected chi connectivity index (χ2v) is 7.73. The number of aliphatic hydroxyl groups is 3. The van der Waals surface area contributed by atoms with Gasteiger partial charge in [-0.05, 0) is 19.1 Å². The highest BCUT2D eigenvalue weighted by Crippen LogP contribution is 2.45. The van der Waals surface area contributed by atoms with Gasteiger partial charge in [-0.25, -0.2) is 9.59 Å². The third-order valence-corrected chi connectivity index (χ3v) is 5.78. The second kappa shape index (κ2) is 7.22. The maximum atomic E-state index is 12.8. The minimum atomic E-state index is -1.72. The number of rotatable bonds is 3. The molecule has 0 radical (unpaired) electrons. The lowest BCUT2D eigenvalue weighted by Gasteiger charge is -2.38. The fourth-order valence-corrected chi connectivity index (χ4v) is 4.06. The molecule has 0 spiro atoms. The molecule has 1 aliphatic rings. The van der Waals surface area contributed by atoms with Crippen LogP contribution in [0.4, 0.5) is 0 Å². The van der Waals surface area contributed by atoms with E-state index < -0.39 is 59.2 Å². The molecule has 0 saturated carbocycles. The van der Waals surface area contributed by atoms with Crippen LogP contribution in [0.3, 0.4) is 0 Å². The Balaban J connectivity index is 1.81. The lowest BCUT2D eigenvalue weighted by molar-refractivity contribution is -0.268. The standard InChI is InChI=1S/C21H18O12/c1-5-12(23)14(25)15(26)21(30-5)33-16-8(22)3-6-11-10-7(20(28)32-18(11)16)4-9(29-2)13(24)17(10)31-19(6)27/h3-5,12,14-15,21-26H,1-2H3/t5-,12-,14+,15+,21-/m0/s1. The van der Waals surface area contributed by atoms with Crippen molar-refractivity contribution in [3.63, 3.8) is 0 Å². The van der Waals surface area contributed by atoms with Crippen molar-refractivity contribution in [3.8, 4) is 23.0 Å². The molecule has 1 saturated heterocycles. The molecule has 0 aliphatic carbocycles. The fourth-order valence-electron chi connectivity index (χ4n) is 4.06. The van der Waals surface area contributed by atoms with Crippen LogP contribution in [0, 0.1) is 0 Å². The van der Waals surface area contributed by atoms with Crippen molar-refractivity contribution < 1.29 is 48.6 Å². The maximum absolute atomic E-state index is 12.8. The van der Waals surface area contributed by atoms with Crippen molar-refractivity contribution in [1.82, 2.24) is 0 Å². The molecule has 5 N–H and O–H groups in total. The van der Waals surface area contributed by atoms with Crippen molar-refractivity contribution in [1.29, 1.82) is 0 Å². The molecule has 2 aromatic heterocycles. The average Bonchev–Trinajstić information content (AvgIpc) is 2.78. The molecule has 0 bridgehead atoms. The molecular weight excluding hydrogens is 444 g/mol. The molecule has 12 nitrogen and oxygen atoms in total. The summed E-state index contributed by atoms with van der Waals surface area (Å²) in [5.74, 6) is -1.77. The molecular formula is C21H18O12. The predicted molar refractivity (Wildman–Crippen MR) is 110 cm³/mol. The van der Waals surface area contributed by atoms with E-state index in [0.29, 0.717) is 0 Å². The number of benzene rings is 2. The summed E-state index contributed by atoms with van der Waals surface area (Å²) in [6.45, 7) is 1.43. The van der Waals surface area contributed by atoms with Crippen molar-refractivity contribution in [2.24, 2.45) is 0 Å². The lowest BCUT2D eigenvalue weighted by atomic mass is 9.99. The molecule has 3 heterocycles. The Bertz CT molecular complexity index is 1500. The molecule has 2 aromatic carbocycles. The third-order valence-electron chi connectivity index (χ3n) is 5.78. The van der Waals surface area contributed by atoms with Crippen molar-refractivity contribution in [3.05, 3.63) is 33.0 Å². The molecule has 0 unspecified atom stereocenters. The Labute approximate surface area is 182 Å².